The second kappa shape index (κ2) is 9.87. The number of thioether (sulfide) groups is 1. The van der Waals surface area contributed by atoms with Crippen molar-refractivity contribution >= 4 is 64.1 Å². The van der Waals surface area contributed by atoms with E-state index in [0.717, 1.165) is 4.90 Å². The van der Waals surface area contributed by atoms with Gasteiger partial charge in [-0.05, 0) is 66.7 Å². The first kappa shape index (κ1) is 23.2. The molecule has 0 radical (unpaired) electrons. The van der Waals surface area contributed by atoms with Crippen LogP contribution in [0.15, 0.2) is 71.6 Å². The minimum absolute atomic E-state index is 0.114. The molecule has 3 aromatic carbocycles. The molecular weight excluding hydrogens is 483 g/mol. The largest absolute Gasteiger partial charge is 0.497 e. The van der Waals surface area contributed by atoms with Crippen molar-refractivity contribution in [3.63, 3.8) is 0 Å². The summed E-state index contributed by atoms with van der Waals surface area (Å²) in [5.74, 6) is -0.214. The normalized spacial score (nSPS) is 15.6. The van der Waals surface area contributed by atoms with Gasteiger partial charge in [-0.3, -0.25) is 14.4 Å². The first-order valence-electron chi connectivity index (χ1n) is 9.89. The van der Waals surface area contributed by atoms with E-state index in [4.69, 9.17) is 27.9 Å². The molecule has 1 aliphatic heterocycles. The number of imide groups is 1. The molecule has 0 spiro atoms. The second-order valence-electron chi connectivity index (χ2n) is 7.18. The van der Waals surface area contributed by atoms with Gasteiger partial charge in [0.1, 0.15) is 5.75 Å². The molecule has 0 aliphatic carbocycles. The van der Waals surface area contributed by atoms with Gasteiger partial charge in [0.2, 0.25) is 11.8 Å². The van der Waals surface area contributed by atoms with Crippen LogP contribution in [0.1, 0.15) is 16.8 Å². The Balaban J connectivity index is 1.41. The highest BCUT2D eigenvalue weighted by atomic mass is 35.5. The Kier molecular flexibility index (Phi) is 6.93. The van der Waals surface area contributed by atoms with E-state index in [2.05, 4.69) is 5.32 Å². The number of benzene rings is 3. The summed E-state index contributed by atoms with van der Waals surface area (Å²) in [6.07, 6.45) is 0.114. The standard InChI is InChI=1S/C24H18Cl2N2O4S/c1-32-17-7-5-16(6-8-17)28-22(29)13-21(24(28)31)33-18-9-3-15(4-10-18)27-23(30)19-11-2-14(25)12-20(19)26/h2-12,21H,13H2,1H3,(H,27,30)/t21-/m1/s1. The van der Waals surface area contributed by atoms with E-state index < -0.39 is 5.25 Å². The van der Waals surface area contributed by atoms with Gasteiger partial charge in [-0.2, -0.15) is 0 Å². The van der Waals surface area contributed by atoms with Crippen LogP contribution in [0, 0.1) is 0 Å². The number of carbonyl (C=O) groups is 3. The van der Waals surface area contributed by atoms with Crippen molar-refractivity contribution in [3.05, 3.63) is 82.3 Å². The molecule has 0 bridgehead atoms. The number of rotatable bonds is 6. The van der Waals surface area contributed by atoms with E-state index in [9.17, 15) is 14.4 Å². The van der Waals surface area contributed by atoms with Crippen molar-refractivity contribution in [2.24, 2.45) is 0 Å². The third kappa shape index (κ3) is 5.16. The SMILES string of the molecule is COc1ccc(N2C(=O)C[C@@H](Sc3ccc(NC(=O)c4ccc(Cl)cc4Cl)cc3)C2=O)cc1. The van der Waals surface area contributed by atoms with Crippen LogP contribution in [0.3, 0.4) is 0 Å². The van der Waals surface area contributed by atoms with Gasteiger partial charge in [0, 0.05) is 22.0 Å². The molecule has 0 saturated carbocycles. The second-order valence-corrected chi connectivity index (χ2v) is 9.30. The Morgan fingerprint density at radius 3 is 2.36 bits per heavy atom. The molecule has 0 aromatic heterocycles. The van der Waals surface area contributed by atoms with Crippen LogP contribution in [0.2, 0.25) is 10.0 Å². The number of amides is 3. The first-order valence-corrected chi connectivity index (χ1v) is 11.5. The van der Waals surface area contributed by atoms with Crippen molar-refractivity contribution in [2.45, 2.75) is 16.6 Å². The highest BCUT2D eigenvalue weighted by molar-refractivity contribution is 8.00. The van der Waals surface area contributed by atoms with Gasteiger partial charge in [-0.15, -0.1) is 11.8 Å². The molecule has 1 fully saturated rings. The van der Waals surface area contributed by atoms with Crippen LogP contribution in [-0.2, 0) is 9.59 Å². The number of hydrogen-bond donors (Lipinski definition) is 1. The summed E-state index contributed by atoms with van der Waals surface area (Å²) in [5.41, 5.74) is 1.41. The Bertz CT molecular complexity index is 1220. The van der Waals surface area contributed by atoms with E-state index in [-0.39, 0.29) is 29.2 Å². The molecule has 1 heterocycles. The zero-order valence-electron chi connectivity index (χ0n) is 17.4. The molecule has 0 unspecified atom stereocenters. The van der Waals surface area contributed by atoms with Gasteiger partial charge in [-0.25, -0.2) is 4.90 Å². The number of nitrogens with zero attached hydrogens (tertiary/aromatic N) is 1. The zero-order chi connectivity index (χ0) is 23.5. The lowest BCUT2D eigenvalue weighted by atomic mass is 10.2. The van der Waals surface area contributed by atoms with Gasteiger partial charge in [-0.1, -0.05) is 23.2 Å². The molecular formula is C24H18Cl2N2O4S. The first-order chi connectivity index (χ1) is 15.9. The molecule has 9 heteroatoms. The molecule has 168 valence electrons. The number of anilines is 2. The fourth-order valence-corrected chi connectivity index (χ4v) is 4.90. The number of methoxy groups -OCH3 is 1. The average Bonchev–Trinajstić information content (AvgIpc) is 3.07. The summed E-state index contributed by atoms with van der Waals surface area (Å²) in [4.78, 5) is 39.8. The predicted octanol–water partition coefficient (Wildman–Crippen LogP) is 5.68. The number of nitrogens with one attached hydrogen (secondary N) is 1. The van der Waals surface area contributed by atoms with Crippen LogP contribution in [0.25, 0.3) is 0 Å². The van der Waals surface area contributed by atoms with Crippen molar-refractivity contribution in [1.82, 2.24) is 0 Å². The molecule has 1 atom stereocenters. The summed E-state index contributed by atoms with van der Waals surface area (Å²) in [6, 6.07) is 18.5. The fraction of sp³-hybridized carbons (Fsp3) is 0.125. The topological polar surface area (TPSA) is 75.7 Å². The van der Waals surface area contributed by atoms with Gasteiger partial charge in [0.05, 0.1) is 28.6 Å². The van der Waals surface area contributed by atoms with Crippen LogP contribution in [0.5, 0.6) is 5.75 Å². The lowest BCUT2D eigenvalue weighted by Gasteiger charge is -2.15. The third-order valence-electron chi connectivity index (χ3n) is 5.00. The average molecular weight is 501 g/mol. The minimum Gasteiger partial charge on any atom is -0.497 e. The van der Waals surface area contributed by atoms with Crippen LogP contribution < -0.4 is 15.0 Å². The van der Waals surface area contributed by atoms with Gasteiger partial charge >= 0.3 is 0 Å². The van der Waals surface area contributed by atoms with E-state index in [1.165, 1.54) is 22.7 Å². The quantitative estimate of drug-likeness (QED) is 0.440. The Morgan fingerprint density at radius 2 is 1.73 bits per heavy atom. The van der Waals surface area contributed by atoms with Crippen LogP contribution in [-0.4, -0.2) is 30.1 Å². The van der Waals surface area contributed by atoms with Gasteiger partial charge in [0.15, 0.2) is 0 Å². The number of ether oxygens (including phenoxy) is 1. The smallest absolute Gasteiger partial charge is 0.257 e. The maximum Gasteiger partial charge on any atom is 0.257 e. The number of carbonyl (C=O) groups excluding carboxylic acids is 3. The Morgan fingerprint density at radius 1 is 1.03 bits per heavy atom. The van der Waals surface area contributed by atoms with Crippen molar-refractivity contribution in [1.29, 1.82) is 0 Å². The van der Waals surface area contributed by atoms with E-state index in [0.29, 0.717) is 27.7 Å². The monoisotopic (exact) mass is 500 g/mol. The fourth-order valence-electron chi connectivity index (χ4n) is 3.35. The lowest BCUT2D eigenvalue weighted by molar-refractivity contribution is -0.121. The van der Waals surface area contributed by atoms with Crippen molar-refractivity contribution < 1.29 is 19.1 Å². The summed E-state index contributed by atoms with van der Waals surface area (Å²) in [5, 5.41) is 2.97. The van der Waals surface area contributed by atoms with Crippen molar-refractivity contribution in [3.8, 4) is 5.75 Å². The predicted molar refractivity (Wildman–Crippen MR) is 131 cm³/mol. The summed E-state index contributed by atoms with van der Waals surface area (Å²) < 4.78 is 5.12. The number of hydrogen-bond acceptors (Lipinski definition) is 5. The maximum absolute atomic E-state index is 12.9. The maximum atomic E-state index is 12.9. The molecule has 33 heavy (non-hydrogen) atoms. The molecule has 4 rings (SSSR count). The lowest BCUT2D eigenvalue weighted by Crippen LogP contribution is -2.31. The molecule has 3 amide bonds. The molecule has 1 saturated heterocycles. The summed E-state index contributed by atoms with van der Waals surface area (Å²) in [6.45, 7) is 0. The Labute approximate surface area is 204 Å². The van der Waals surface area contributed by atoms with E-state index in [1.807, 2.05) is 0 Å². The molecule has 6 nitrogen and oxygen atoms in total. The Hall–Kier alpha value is -3.00. The van der Waals surface area contributed by atoms with E-state index in [1.54, 1.807) is 67.8 Å². The minimum atomic E-state index is -0.520. The molecule has 1 aliphatic rings. The highest BCUT2D eigenvalue weighted by Gasteiger charge is 2.40. The molecule has 1 N–H and O–H groups in total. The number of halogens is 2. The van der Waals surface area contributed by atoms with Crippen molar-refractivity contribution in [2.75, 3.05) is 17.3 Å². The summed E-state index contributed by atoms with van der Waals surface area (Å²) >= 11 is 13.3. The molecule has 3 aromatic rings. The highest BCUT2D eigenvalue weighted by Crippen LogP contribution is 2.35. The van der Waals surface area contributed by atoms with Gasteiger partial charge in [0.25, 0.3) is 5.91 Å². The summed E-state index contributed by atoms with van der Waals surface area (Å²) in [7, 11) is 1.55. The van der Waals surface area contributed by atoms with Crippen LogP contribution >= 0.6 is 35.0 Å². The van der Waals surface area contributed by atoms with Gasteiger partial charge < -0.3 is 10.1 Å². The van der Waals surface area contributed by atoms with Crippen LogP contribution in [0.4, 0.5) is 11.4 Å². The third-order valence-corrected chi connectivity index (χ3v) is 6.75. The van der Waals surface area contributed by atoms with E-state index >= 15 is 0 Å². The zero-order valence-corrected chi connectivity index (χ0v) is 19.7.